The standard InChI is InChI=1S/C20H24N2O/c23-20(13-12-18-10-4-6-14-21-18)22-15-7-5-11-19(22)16-17-8-2-1-3-9-17/h1-4,6,8-10,14,19H,5,7,11-13,15-16H2/t19-/m1/s1. The molecular formula is C20H24N2O. The minimum absolute atomic E-state index is 0.274. The molecule has 3 nitrogen and oxygen atoms in total. The number of hydrogen-bond acceptors (Lipinski definition) is 2. The Morgan fingerprint density at radius 2 is 1.91 bits per heavy atom. The SMILES string of the molecule is O=C(CCc1ccccn1)N1CCCC[C@@H]1Cc1ccccc1. The Kier molecular flexibility index (Phi) is 5.41. The number of carbonyl (C=O) groups is 1. The Labute approximate surface area is 138 Å². The van der Waals surface area contributed by atoms with E-state index in [0.29, 0.717) is 12.5 Å². The summed E-state index contributed by atoms with van der Waals surface area (Å²) in [5.74, 6) is 0.274. The van der Waals surface area contributed by atoms with Crippen LogP contribution in [0.25, 0.3) is 0 Å². The van der Waals surface area contributed by atoms with Crippen LogP contribution in [0.15, 0.2) is 54.7 Å². The predicted molar refractivity (Wildman–Crippen MR) is 92.1 cm³/mol. The summed E-state index contributed by atoms with van der Waals surface area (Å²) in [5, 5.41) is 0. The van der Waals surface area contributed by atoms with Gasteiger partial charge in [-0.25, -0.2) is 0 Å². The monoisotopic (exact) mass is 308 g/mol. The number of carbonyl (C=O) groups excluding carboxylic acids is 1. The maximum Gasteiger partial charge on any atom is 0.223 e. The molecule has 0 aliphatic carbocycles. The number of benzene rings is 1. The van der Waals surface area contributed by atoms with E-state index in [1.165, 1.54) is 12.0 Å². The van der Waals surface area contributed by atoms with E-state index in [0.717, 1.165) is 37.9 Å². The molecule has 3 rings (SSSR count). The van der Waals surface area contributed by atoms with E-state index in [1.54, 1.807) is 6.20 Å². The van der Waals surface area contributed by atoms with Gasteiger partial charge in [-0.05, 0) is 49.8 Å². The van der Waals surface area contributed by atoms with Crippen molar-refractivity contribution in [2.45, 2.75) is 44.6 Å². The highest BCUT2D eigenvalue weighted by atomic mass is 16.2. The second-order valence-corrected chi connectivity index (χ2v) is 6.25. The molecule has 1 fully saturated rings. The molecule has 0 saturated carbocycles. The van der Waals surface area contributed by atoms with Crippen LogP contribution < -0.4 is 0 Å². The Balaban J connectivity index is 1.60. The van der Waals surface area contributed by atoms with Crippen molar-refractivity contribution in [3.63, 3.8) is 0 Å². The molecule has 1 saturated heterocycles. The van der Waals surface area contributed by atoms with Gasteiger partial charge in [-0.3, -0.25) is 9.78 Å². The van der Waals surface area contributed by atoms with Gasteiger partial charge in [0, 0.05) is 30.9 Å². The number of rotatable bonds is 5. The van der Waals surface area contributed by atoms with Gasteiger partial charge in [-0.1, -0.05) is 36.4 Å². The van der Waals surface area contributed by atoms with Gasteiger partial charge in [-0.15, -0.1) is 0 Å². The fourth-order valence-electron chi connectivity index (χ4n) is 3.35. The highest BCUT2D eigenvalue weighted by Crippen LogP contribution is 2.22. The number of aryl methyl sites for hydroxylation is 1. The number of aromatic nitrogens is 1. The lowest BCUT2D eigenvalue weighted by atomic mass is 9.95. The van der Waals surface area contributed by atoms with E-state index >= 15 is 0 Å². The number of piperidine rings is 1. The van der Waals surface area contributed by atoms with Crippen molar-refractivity contribution in [1.29, 1.82) is 0 Å². The molecule has 2 heterocycles. The lowest BCUT2D eigenvalue weighted by molar-refractivity contribution is -0.134. The van der Waals surface area contributed by atoms with Crippen LogP contribution in [0.2, 0.25) is 0 Å². The molecule has 0 unspecified atom stereocenters. The smallest absolute Gasteiger partial charge is 0.223 e. The molecule has 3 heteroatoms. The first kappa shape index (κ1) is 15.7. The minimum Gasteiger partial charge on any atom is -0.339 e. The zero-order chi connectivity index (χ0) is 15.9. The zero-order valence-corrected chi connectivity index (χ0v) is 13.5. The molecule has 1 aromatic carbocycles. The van der Waals surface area contributed by atoms with Gasteiger partial charge in [0.25, 0.3) is 0 Å². The van der Waals surface area contributed by atoms with Crippen LogP contribution in [0.5, 0.6) is 0 Å². The molecule has 2 aromatic rings. The number of nitrogens with zero attached hydrogens (tertiary/aromatic N) is 2. The average Bonchev–Trinajstić information content (AvgIpc) is 2.62. The van der Waals surface area contributed by atoms with Crippen molar-refractivity contribution < 1.29 is 4.79 Å². The van der Waals surface area contributed by atoms with Gasteiger partial charge in [0.05, 0.1) is 0 Å². The highest BCUT2D eigenvalue weighted by Gasteiger charge is 2.26. The van der Waals surface area contributed by atoms with Crippen LogP contribution in [0, 0.1) is 0 Å². The third kappa shape index (κ3) is 4.41. The van der Waals surface area contributed by atoms with Crippen molar-refractivity contribution >= 4 is 5.91 Å². The summed E-state index contributed by atoms with van der Waals surface area (Å²) in [6.45, 7) is 0.901. The van der Waals surface area contributed by atoms with Crippen LogP contribution in [-0.2, 0) is 17.6 Å². The predicted octanol–water partition coefficient (Wildman–Crippen LogP) is 3.64. The summed E-state index contributed by atoms with van der Waals surface area (Å²) in [4.78, 5) is 19.1. The van der Waals surface area contributed by atoms with E-state index < -0.39 is 0 Å². The molecule has 1 atom stereocenters. The highest BCUT2D eigenvalue weighted by molar-refractivity contribution is 5.77. The molecule has 1 aromatic heterocycles. The fourth-order valence-corrected chi connectivity index (χ4v) is 3.35. The van der Waals surface area contributed by atoms with Crippen molar-refractivity contribution in [3.8, 4) is 0 Å². The van der Waals surface area contributed by atoms with E-state index in [-0.39, 0.29) is 5.91 Å². The largest absolute Gasteiger partial charge is 0.339 e. The molecule has 1 amide bonds. The maximum atomic E-state index is 12.7. The fraction of sp³-hybridized carbons (Fsp3) is 0.400. The van der Waals surface area contributed by atoms with Gasteiger partial charge in [0.1, 0.15) is 0 Å². The van der Waals surface area contributed by atoms with E-state index in [1.807, 2.05) is 24.3 Å². The average molecular weight is 308 g/mol. The third-order valence-corrected chi connectivity index (χ3v) is 4.58. The molecule has 0 radical (unpaired) electrons. The second-order valence-electron chi connectivity index (χ2n) is 6.25. The summed E-state index contributed by atoms with van der Waals surface area (Å²) in [5.41, 5.74) is 2.32. The summed E-state index contributed by atoms with van der Waals surface area (Å²) >= 11 is 0. The lowest BCUT2D eigenvalue weighted by Crippen LogP contribution is -2.45. The summed E-state index contributed by atoms with van der Waals surface area (Å²) < 4.78 is 0. The molecule has 120 valence electrons. The first-order chi connectivity index (χ1) is 11.3. The van der Waals surface area contributed by atoms with Gasteiger partial charge in [0.15, 0.2) is 0 Å². The number of pyridine rings is 1. The van der Waals surface area contributed by atoms with Gasteiger partial charge >= 0.3 is 0 Å². The normalized spacial score (nSPS) is 17.9. The molecule has 0 spiro atoms. The third-order valence-electron chi connectivity index (χ3n) is 4.58. The Morgan fingerprint density at radius 1 is 1.09 bits per heavy atom. The Morgan fingerprint density at radius 3 is 2.70 bits per heavy atom. The van der Waals surface area contributed by atoms with Crippen molar-refractivity contribution in [2.24, 2.45) is 0 Å². The van der Waals surface area contributed by atoms with Crippen LogP contribution in [0.4, 0.5) is 0 Å². The number of amides is 1. The van der Waals surface area contributed by atoms with Crippen LogP contribution in [-0.4, -0.2) is 28.4 Å². The summed E-state index contributed by atoms with van der Waals surface area (Å²) in [6.07, 6.45) is 7.51. The van der Waals surface area contributed by atoms with Crippen LogP contribution in [0.1, 0.15) is 36.9 Å². The van der Waals surface area contributed by atoms with Crippen LogP contribution >= 0.6 is 0 Å². The summed E-state index contributed by atoms with van der Waals surface area (Å²) in [6, 6.07) is 16.7. The second kappa shape index (κ2) is 7.91. The van der Waals surface area contributed by atoms with Crippen LogP contribution in [0.3, 0.4) is 0 Å². The quantitative estimate of drug-likeness (QED) is 0.845. The van der Waals surface area contributed by atoms with Gasteiger partial charge < -0.3 is 4.90 Å². The molecule has 23 heavy (non-hydrogen) atoms. The van der Waals surface area contributed by atoms with Crippen molar-refractivity contribution in [3.05, 3.63) is 66.0 Å². The van der Waals surface area contributed by atoms with E-state index in [4.69, 9.17) is 0 Å². The van der Waals surface area contributed by atoms with Gasteiger partial charge in [-0.2, -0.15) is 0 Å². The lowest BCUT2D eigenvalue weighted by Gasteiger charge is -2.36. The number of likely N-dealkylation sites (tertiary alicyclic amines) is 1. The van der Waals surface area contributed by atoms with E-state index in [2.05, 4.69) is 34.1 Å². The van der Waals surface area contributed by atoms with E-state index in [9.17, 15) is 4.79 Å². The first-order valence-corrected chi connectivity index (χ1v) is 8.56. The maximum absolute atomic E-state index is 12.7. The van der Waals surface area contributed by atoms with Crippen molar-refractivity contribution in [2.75, 3.05) is 6.54 Å². The molecule has 0 bridgehead atoms. The van der Waals surface area contributed by atoms with Crippen molar-refractivity contribution in [1.82, 2.24) is 9.88 Å². The topological polar surface area (TPSA) is 33.2 Å². The Bertz CT molecular complexity index is 612. The Hall–Kier alpha value is -2.16. The minimum atomic E-state index is 0.274. The first-order valence-electron chi connectivity index (χ1n) is 8.56. The summed E-state index contributed by atoms with van der Waals surface area (Å²) in [7, 11) is 0. The molecule has 1 aliphatic rings. The molecular weight excluding hydrogens is 284 g/mol. The zero-order valence-electron chi connectivity index (χ0n) is 13.5. The van der Waals surface area contributed by atoms with Gasteiger partial charge in [0.2, 0.25) is 5.91 Å². The number of hydrogen-bond donors (Lipinski definition) is 0. The molecule has 0 N–H and O–H groups in total. The molecule has 1 aliphatic heterocycles.